The third-order valence-corrected chi connectivity index (χ3v) is 2.24. The summed E-state index contributed by atoms with van der Waals surface area (Å²) in [6, 6.07) is 5.79. The van der Waals surface area contributed by atoms with Crippen LogP contribution >= 0.6 is 0 Å². The molecule has 0 aliphatic heterocycles. The minimum Gasteiger partial charge on any atom is -0.437 e. The predicted molar refractivity (Wildman–Crippen MR) is 62.3 cm³/mol. The average molecular weight is 250 g/mol. The summed E-state index contributed by atoms with van der Waals surface area (Å²) < 4.78 is 19.0. The largest absolute Gasteiger partial charge is 0.437 e. The van der Waals surface area contributed by atoms with E-state index in [0.29, 0.717) is 0 Å². The van der Waals surface area contributed by atoms with Gasteiger partial charge in [0.05, 0.1) is 5.56 Å². The SMILES string of the molecule is Cc1cc(Oc2cccc(F)c2/C(N)=N/O)n[nH]1. The van der Waals surface area contributed by atoms with Gasteiger partial charge in [0.2, 0.25) is 5.88 Å². The number of aryl methyl sites for hydroxylation is 1. The van der Waals surface area contributed by atoms with Crippen molar-refractivity contribution in [2.24, 2.45) is 10.9 Å². The fraction of sp³-hybridized carbons (Fsp3) is 0.0909. The van der Waals surface area contributed by atoms with E-state index >= 15 is 0 Å². The monoisotopic (exact) mass is 250 g/mol. The minimum absolute atomic E-state index is 0.111. The molecule has 0 aliphatic carbocycles. The molecule has 0 atom stereocenters. The van der Waals surface area contributed by atoms with E-state index in [9.17, 15) is 4.39 Å². The van der Waals surface area contributed by atoms with E-state index in [0.717, 1.165) is 5.69 Å². The van der Waals surface area contributed by atoms with Crippen LogP contribution in [0.1, 0.15) is 11.3 Å². The van der Waals surface area contributed by atoms with Gasteiger partial charge < -0.3 is 15.7 Å². The first-order chi connectivity index (χ1) is 8.61. The first-order valence-corrected chi connectivity index (χ1v) is 5.08. The first-order valence-electron chi connectivity index (χ1n) is 5.08. The van der Waals surface area contributed by atoms with Crippen LogP contribution in [0.2, 0.25) is 0 Å². The van der Waals surface area contributed by atoms with Crippen LogP contribution in [0.3, 0.4) is 0 Å². The Hall–Kier alpha value is -2.57. The Balaban J connectivity index is 2.41. The Kier molecular flexibility index (Phi) is 3.13. The fourth-order valence-electron chi connectivity index (χ4n) is 1.45. The number of aromatic nitrogens is 2. The maximum Gasteiger partial charge on any atom is 0.238 e. The number of hydrogen-bond donors (Lipinski definition) is 3. The second-order valence-electron chi connectivity index (χ2n) is 3.59. The van der Waals surface area contributed by atoms with E-state index in [2.05, 4.69) is 15.4 Å². The summed E-state index contributed by atoms with van der Waals surface area (Å²) in [6.45, 7) is 1.80. The minimum atomic E-state index is -0.643. The number of H-pyrrole nitrogens is 1. The lowest BCUT2D eigenvalue weighted by Crippen LogP contribution is -2.16. The van der Waals surface area contributed by atoms with Crippen molar-refractivity contribution in [3.05, 3.63) is 41.3 Å². The maximum atomic E-state index is 13.6. The number of aromatic amines is 1. The Morgan fingerprint density at radius 1 is 1.56 bits per heavy atom. The van der Waals surface area contributed by atoms with Crippen molar-refractivity contribution in [2.45, 2.75) is 6.92 Å². The number of amidine groups is 1. The smallest absolute Gasteiger partial charge is 0.238 e. The zero-order chi connectivity index (χ0) is 13.1. The molecule has 6 nitrogen and oxygen atoms in total. The molecule has 0 saturated heterocycles. The molecule has 1 aromatic heterocycles. The van der Waals surface area contributed by atoms with E-state index in [-0.39, 0.29) is 23.0 Å². The van der Waals surface area contributed by atoms with Crippen molar-refractivity contribution in [3.63, 3.8) is 0 Å². The summed E-state index contributed by atoms with van der Waals surface area (Å²) in [5, 5.41) is 17.9. The standard InChI is InChI=1S/C11H11FN4O2/c1-6-5-9(15-14-6)18-8-4-2-3-7(12)10(8)11(13)16-17/h2-5,17H,1H3,(H2,13,16)(H,14,15). The van der Waals surface area contributed by atoms with Crippen LogP contribution in [0.4, 0.5) is 4.39 Å². The van der Waals surface area contributed by atoms with Crippen LogP contribution in [0, 0.1) is 12.7 Å². The van der Waals surface area contributed by atoms with Crippen LogP contribution < -0.4 is 10.5 Å². The van der Waals surface area contributed by atoms with Gasteiger partial charge in [-0.3, -0.25) is 5.10 Å². The van der Waals surface area contributed by atoms with Gasteiger partial charge in [0.1, 0.15) is 11.6 Å². The highest BCUT2D eigenvalue weighted by atomic mass is 19.1. The number of hydrogen-bond acceptors (Lipinski definition) is 4. The van der Waals surface area contributed by atoms with Gasteiger partial charge in [0.25, 0.3) is 0 Å². The van der Waals surface area contributed by atoms with E-state index in [4.69, 9.17) is 15.7 Å². The van der Waals surface area contributed by atoms with Gasteiger partial charge in [-0.1, -0.05) is 11.2 Å². The van der Waals surface area contributed by atoms with Crippen molar-refractivity contribution < 1.29 is 14.3 Å². The van der Waals surface area contributed by atoms with Gasteiger partial charge in [0, 0.05) is 11.8 Å². The summed E-state index contributed by atoms with van der Waals surface area (Å²) in [5.74, 6) is -0.618. The van der Waals surface area contributed by atoms with Gasteiger partial charge in [-0.15, -0.1) is 5.10 Å². The molecule has 1 heterocycles. The van der Waals surface area contributed by atoms with E-state index in [1.165, 1.54) is 18.2 Å². The normalized spacial score (nSPS) is 11.6. The summed E-state index contributed by atoms with van der Waals surface area (Å²) in [7, 11) is 0. The van der Waals surface area contributed by atoms with E-state index in [1.807, 2.05) is 0 Å². The van der Waals surface area contributed by atoms with Gasteiger partial charge in [-0.05, 0) is 19.1 Å². The Labute approximate surface area is 102 Å². The molecular formula is C11H11FN4O2. The number of rotatable bonds is 3. The van der Waals surface area contributed by atoms with Crippen molar-refractivity contribution in [1.82, 2.24) is 10.2 Å². The van der Waals surface area contributed by atoms with Gasteiger partial charge in [-0.2, -0.15) is 0 Å². The quantitative estimate of drug-likeness (QED) is 0.334. The van der Waals surface area contributed by atoms with Crippen LogP contribution in [0.5, 0.6) is 11.6 Å². The van der Waals surface area contributed by atoms with Gasteiger partial charge in [0.15, 0.2) is 5.84 Å². The number of benzene rings is 1. The maximum absolute atomic E-state index is 13.6. The highest BCUT2D eigenvalue weighted by Gasteiger charge is 2.15. The van der Waals surface area contributed by atoms with E-state index < -0.39 is 5.82 Å². The molecule has 0 bridgehead atoms. The molecular weight excluding hydrogens is 239 g/mol. The molecule has 0 fully saturated rings. The molecule has 0 radical (unpaired) electrons. The number of ether oxygens (including phenoxy) is 1. The third-order valence-electron chi connectivity index (χ3n) is 2.24. The molecule has 4 N–H and O–H groups in total. The van der Waals surface area contributed by atoms with Gasteiger partial charge in [-0.25, -0.2) is 4.39 Å². The molecule has 7 heteroatoms. The lowest BCUT2D eigenvalue weighted by Gasteiger charge is -2.08. The zero-order valence-electron chi connectivity index (χ0n) is 9.51. The molecule has 18 heavy (non-hydrogen) atoms. The molecule has 0 spiro atoms. The van der Waals surface area contributed by atoms with Crippen LogP contribution in [0.25, 0.3) is 0 Å². The predicted octanol–water partition coefficient (Wildman–Crippen LogP) is 1.74. The Morgan fingerprint density at radius 3 is 2.94 bits per heavy atom. The van der Waals surface area contributed by atoms with Crippen molar-refractivity contribution in [1.29, 1.82) is 0 Å². The van der Waals surface area contributed by atoms with Gasteiger partial charge >= 0.3 is 0 Å². The molecule has 2 aromatic rings. The number of nitrogens with one attached hydrogen (secondary N) is 1. The molecule has 0 saturated carbocycles. The van der Waals surface area contributed by atoms with Crippen molar-refractivity contribution >= 4 is 5.84 Å². The van der Waals surface area contributed by atoms with Crippen molar-refractivity contribution in [2.75, 3.05) is 0 Å². The summed E-state index contributed by atoms with van der Waals surface area (Å²) >= 11 is 0. The third kappa shape index (κ3) is 2.24. The van der Waals surface area contributed by atoms with Crippen LogP contribution in [-0.2, 0) is 0 Å². The topological polar surface area (TPSA) is 96.5 Å². The molecule has 2 rings (SSSR count). The Morgan fingerprint density at radius 2 is 2.33 bits per heavy atom. The highest BCUT2D eigenvalue weighted by Crippen LogP contribution is 2.26. The molecule has 0 amide bonds. The Bertz CT molecular complexity index is 594. The summed E-state index contributed by atoms with van der Waals surface area (Å²) in [5.41, 5.74) is 6.09. The number of nitrogens with zero attached hydrogens (tertiary/aromatic N) is 2. The lowest BCUT2D eigenvalue weighted by molar-refractivity contribution is 0.318. The molecule has 94 valence electrons. The first kappa shape index (κ1) is 11.9. The van der Waals surface area contributed by atoms with Crippen LogP contribution in [-0.4, -0.2) is 21.2 Å². The highest BCUT2D eigenvalue weighted by molar-refractivity contribution is 5.99. The second-order valence-corrected chi connectivity index (χ2v) is 3.59. The molecule has 1 aromatic carbocycles. The zero-order valence-corrected chi connectivity index (χ0v) is 9.51. The van der Waals surface area contributed by atoms with Crippen LogP contribution in [0.15, 0.2) is 29.4 Å². The fourth-order valence-corrected chi connectivity index (χ4v) is 1.45. The summed E-state index contributed by atoms with van der Waals surface area (Å²) in [4.78, 5) is 0. The second kappa shape index (κ2) is 4.74. The average Bonchev–Trinajstić information content (AvgIpc) is 2.74. The summed E-state index contributed by atoms with van der Waals surface area (Å²) in [6.07, 6.45) is 0. The number of oxime groups is 1. The lowest BCUT2D eigenvalue weighted by atomic mass is 10.1. The van der Waals surface area contributed by atoms with Crippen molar-refractivity contribution in [3.8, 4) is 11.6 Å². The van der Waals surface area contributed by atoms with E-state index in [1.54, 1.807) is 13.0 Å². The molecule has 0 unspecified atom stereocenters. The number of nitrogens with two attached hydrogens (primary N) is 1. The number of halogens is 1. The molecule has 0 aliphatic rings.